The normalized spacial score (nSPS) is 11.5. The van der Waals surface area contributed by atoms with Gasteiger partial charge in [0.1, 0.15) is 31.7 Å². The number of ether oxygens (including phenoxy) is 3. The van der Waals surface area contributed by atoms with Gasteiger partial charge in [-0.15, -0.1) is 0 Å². The summed E-state index contributed by atoms with van der Waals surface area (Å²) in [7, 11) is 0. The molecule has 0 aromatic heterocycles. The van der Waals surface area contributed by atoms with Gasteiger partial charge in [0.15, 0.2) is 11.5 Å². The molecule has 0 heterocycles. The second-order valence-electron chi connectivity index (χ2n) is 7.39. The van der Waals surface area contributed by atoms with Gasteiger partial charge in [0.25, 0.3) is 0 Å². The highest BCUT2D eigenvalue weighted by Crippen LogP contribution is 2.33. The molecule has 0 bridgehead atoms. The van der Waals surface area contributed by atoms with E-state index in [9.17, 15) is 5.11 Å². The van der Waals surface area contributed by atoms with Crippen LogP contribution in [0.25, 0.3) is 0 Å². The molecule has 0 saturated carbocycles. The first-order valence-corrected chi connectivity index (χ1v) is 10.6. The Morgan fingerprint density at radius 2 is 1.12 bits per heavy atom. The molecule has 0 radical (unpaired) electrons. The molecular formula is C28H26O4. The fourth-order valence-corrected chi connectivity index (χ4v) is 3.23. The van der Waals surface area contributed by atoms with E-state index >= 15 is 0 Å². The lowest BCUT2D eigenvalue weighted by Gasteiger charge is -2.17. The molecule has 0 saturated heterocycles. The molecule has 0 aliphatic carbocycles. The van der Waals surface area contributed by atoms with Crippen molar-refractivity contribution < 1.29 is 19.3 Å². The van der Waals surface area contributed by atoms with Crippen molar-refractivity contribution in [1.82, 2.24) is 0 Å². The standard InChI is InChI=1S/C28H26O4/c29-26(24-14-8-3-9-15-24)21-32-28-18-25(30-19-22-10-4-1-5-11-22)16-17-27(28)31-20-23-12-6-2-7-13-23/h1-18,26,29H,19-21H2. The third kappa shape index (κ3) is 6.13. The van der Waals surface area contributed by atoms with Gasteiger partial charge in [-0.2, -0.15) is 0 Å². The van der Waals surface area contributed by atoms with Crippen LogP contribution in [0.15, 0.2) is 109 Å². The Balaban J connectivity index is 1.47. The molecule has 32 heavy (non-hydrogen) atoms. The zero-order valence-electron chi connectivity index (χ0n) is 17.8. The monoisotopic (exact) mass is 426 g/mol. The van der Waals surface area contributed by atoms with E-state index in [1.807, 2.05) is 103 Å². The topological polar surface area (TPSA) is 47.9 Å². The average molecular weight is 427 g/mol. The van der Waals surface area contributed by atoms with Crippen LogP contribution >= 0.6 is 0 Å². The van der Waals surface area contributed by atoms with Gasteiger partial charge in [-0.1, -0.05) is 91.0 Å². The van der Waals surface area contributed by atoms with Gasteiger partial charge in [0, 0.05) is 6.07 Å². The Labute approximate surface area is 188 Å². The summed E-state index contributed by atoms with van der Waals surface area (Å²) in [4.78, 5) is 0. The van der Waals surface area contributed by atoms with Gasteiger partial charge < -0.3 is 19.3 Å². The lowest BCUT2D eigenvalue weighted by Crippen LogP contribution is -2.10. The smallest absolute Gasteiger partial charge is 0.165 e. The molecule has 1 atom stereocenters. The highest BCUT2D eigenvalue weighted by atomic mass is 16.5. The van der Waals surface area contributed by atoms with Crippen molar-refractivity contribution in [2.24, 2.45) is 0 Å². The summed E-state index contributed by atoms with van der Waals surface area (Å²) in [5, 5.41) is 10.5. The molecule has 162 valence electrons. The first kappa shape index (κ1) is 21.5. The van der Waals surface area contributed by atoms with E-state index in [0.717, 1.165) is 16.7 Å². The molecular weight excluding hydrogens is 400 g/mol. The lowest BCUT2D eigenvalue weighted by molar-refractivity contribution is 0.105. The molecule has 0 spiro atoms. The molecule has 0 amide bonds. The molecule has 4 nitrogen and oxygen atoms in total. The predicted octanol–water partition coefficient (Wildman–Crippen LogP) is 5.96. The minimum Gasteiger partial charge on any atom is -0.489 e. The number of aliphatic hydroxyl groups excluding tert-OH is 1. The zero-order chi connectivity index (χ0) is 22.0. The summed E-state index contributed by atoms with van der Waals surface area (Å²) in [6, 6.07) is 34.9. The zero-order valence-corrected chi connectivity index (χ0v) is 17.8. The summed E-state index contributed by atoms with van der Waals surface area (Å²) in [6.45, 7) is 0.980. The Kier molecular flexibility index (Phi) is 7.40. The summed E-state index contributed by atoms with van der Waals surface area (Å²) in [6.07, 6.45) is -0.743. The molecule has 4 aromatic rings. The molecule has 1 N–H and O–H groups in total. The fourth-order valence-electron chi connectivity index (χ4n) is 3.23. The molecule has 0 aliphatic heterocycles. The minimum atomic E-state index is -0.743. The van der Waals surface area contributed by atoms with Crippen molar-refractivity contribution in [2.75, 3.05) is 6.61 Å². The third-order valence-electron chi connectivity index (χ3n) is 4.98. The Hall–Kier alpha value is -3.76. The van der Waals surface area contributed by atoms with E-state index < -0.39 is 6.10 Å². The van der Waals surface area contributed by atoms with E-state index in [0.29, 0.717) is 30.5 Å². The van der Waals surface area contributed by atoms with Crippen molar-refractivity contribution in [1.29, 1.82) is 0 Å². The second-order valence-corrected chi connectivity index (χ2v) is 7.39. The van der Waals surface area contributed by atoms with Crippen LogP contribution in [0.2, 0.25) is 0 Å². The first-order valence-electron chi connectivity index (χ1n) is 10.6. The average Bonchev–Trinajstić information content (AvgIpc) is 2.87. The summed E-state index contributed by atoms with van der Waals surface area (Å²) < 4.78 is 17.9. The van der Waals surface area contributed by atoms with Crippen molar-refractivity contribution in [2.45, 2.75) is 19.3 Å². The van der Waals surface area contributed by atoms with Crippen LogP contribution in [0, 0.1) is 0 Å². The van der Waals surface area contributed by atoms with Crippen molar-refractivity contribution in [3.8, 4) is 17.2 Å². The number of hydrogen-bond donors (Lipinski definition) is 1. The number of hydrogen-bond acceptors (Lipinski definition) is 4. The molecule has 4 heteroatoms. The maximum absolute atomic E-state index is 10.5. The van der Waals surface area contributed by atoms with Crippen molar-refractivity contribution in [3.05, 3.63) is 126 Å². The van der Waals surface area contributed by atoms with Crippen LogP contribution in [-0.2, 0) is 13.2 Å². The van der Waals surface area contributed by atoms with Gasteiger partial charge in [0.2, 0.25) is 0 Å². The Morgan fingerprint density at radius 3 is 1.75 bits per heavy atom. The van der Waals surface area contributed by atoms with E-state index in [2.05, 4.69) is 0 Å². The highest BCUT2D eigenvalue weighted by molar-refractivity contribution is 5.46. The Bertz CT molecular complexity index is 1080. The Morgan fingerprint density at radius 1 is 0.562 bits per heavy atom. The van der Waals surface area contributed by atoms with E-state index in [4.69, 9.17) is 14.2 Å². The van der Waals surface area contributed by atoms with E-state index in [1.165, 1.54) is 0 Å². The highest BCUT2D eigenvalue weighted by Gasteiger charge is 2.13. The maximum atomic E-state index is 10.5. The fraction of sp³-hybridized carbons (Fsp3) is 0.143. The van der Waals surface area contributed by atoms with E-state index in [-0.39, 0.29) is 6.61 Å². The molecule has 0 aliphatic rings. The van der Waals surface area contributed by atoms with Crippen LogP contribution in [0.3, 0.4) is 0 Å². The van der Waals surface area contributed by atoms with Crippen LogP contribution in [0.5, 0.6) is 17.2 Å². The summed E-state index contributed by atoms with van der Waals surface area (Å²) in [5.74, 6) is 1.80. The van der Waals surface area contributed by atoms with Crippen molar-refractivity contribution >= 4 is 0 Å². The summed E-state index contributed by atoms with van der Waals surface area (Å²) >= 11 is 0. The van der Waals surface area contributed by atoms with Crippen LogP contribution in [-0.4, -0.2) is 11.7 Å². The predicted molar refractivity (Wildman–Crippen MR) is 125 cm³/mol. The van der Waals surface area contributed by atoms with Gasteiger partial charge in [-0.05, 0) is 28.8 Å². The second kappa shape index (κ2) is 11.0. The largest absolute Gasteiger partial charge is 0.489 e. The van der Waals surface area contributed by atoms with Crippen LogP contribution in [0.4, 0.5) is 0 Å². The lowest BCUT2D eigenvalue weighted by atomic mass is 10.1. The van der Waals surface area contributed by atoms with Crippen molar-refractivity contribution in [3.63, 3.8) is 0 Å². The van der Waals surface area contributed by atoms with Gasteiger partial charge in [-0.3, -0.25) is 0 Å². The number of benzene rings is 4. The minimum absolute atomic E-state index is 0.105. The quantitative estimate of drug-likeness (QED) is 0.340. The SMILES string of the molecule is OC(COc1cc(OCc2ccccc2)ccc1OCc1ccccc1)c1ccccc1. The first-order chi connectivity index (χ1) is 15.8. The third-order valence-corrected chi connectivity index (χ3v) is 4.98. The maximum Gasteiger partial charge on any atom is 0.165 e. The summed E-state index contributed by atoms with van der Waals surface area (Å²) in [5.41, 5.74) is 2.95. The molecule has 4 aromatic carbocycles. The van der Waals surface area contributed by atoms with Gasteiger partial charge in [0.05, 0.1) is 0 Å². The molecule has 4 rings (SSSR count). The number of rotatable bonds is 10. The van der Waals surface area contributed by atoms with Crippen LogP contribution in [0.1, 0.15) is 22.8 Å². The molecule has 0 fully saturated rings. The van der Waals surface area contributed by atoms with E-state index in [1.54, 1.807) is 6.07 Å². The van der Waals surface area contributed by atoms with Crippen LogP contribution < -0.4 is 14.2 Å². The van der Waals surface area contributed by atoms with Gasteiger partial charge >= 0.3 is 0 Å². The number of aliphatic hydroxyl groups is 1. The molecule has 1 unspecified atom stereocenters. The van der Waals surface area contributed by atoms with Gasteiger partial charge in [-0.25, -0.2) is 0 Å².